The molecule has 4 nitrogen and oxygen atoms in total. The van der Waals surface area contributed by atoms with E-state index in [0.29, 0.717) is 11.5 Å². The Labute approximate surface area is 72.5 Å². The van der Waals surface area contributed by atoms with E-state index in [2.05, 4.69) is 25.9 Å². The van der Waals surface area contributed by atoms with Crippen molar-refractivity contribution in [1.82, 2.24) is 9.78 Å². The van der Waals surface area contributed by atoms with Gasteiger partial charge in [-0.3, -0.25) is 4.68 Å². The molecule has 0 bridgehead atoms. The van der Waals surface area contributed by atoms with Crippen LogP contribution in [0.25, 0.3) is 0 Å². The Morgan fingerprint density at radius 1 is 1.25 bits per heavy atom. The van der Waals surface area contributed by atoms with Crippen LogP contribution in [-0.4, -0.2) is 9.78 Å². The molecule has 0 atom stereocenters. The van der Waals surface area contributed by atoms with Crippen LogP contribution in [0.3, 0.4) is 0 Å². The largest absolute Gasteiger partial charge is 0.394 e. The van der Waals surface area contributed by atoms with Gasteiger partial charge in [0.25, 0.3) is 0 Å². The zero-order chi connectivity index (χ0) is 9.52. The normalized spacial score (nSPS) is 12.0. The number of nitrogens with two attached hydrogens (primary N) is 2. The second-order valence-corrected chi connectivity index (χ2v) is 4.02. The van der Waals surface area contributed by atoms with Crippen molar-refractivity contribution in [1.29, 1.82) is 0 Å². The smallest absolute Gasteiger partial charge is 0.169 e. The first-order valence-corrected chi connectivity index (χ1v) is 3.92. The summed E-state index contributed by atoms with van der Waals surface area (Å²) in [6.45, 7) is 6.25. The van der Waals surface area contributed by atoms with Gasteiger partial charge in [0.05, 0.1) is 11.4 Å². The van der Waals surface area contributed by atoms with Gasteiger partial charge < -0.3 is 11.5 Å². The molecule has 1 aromatic rings. The van der Waals surface area contributed by atoms with Gasteiger partial charge in [0.1, 0.15) is 0 Å². The Balaban J connectivity index is 3.32. The lowest BCUT2D eigenvalue weighted by Crippen LogP contribution is -2.18. The molecular weight excluding hydrogens is 152 g/mol. The van der Waals surface area contributed by atoms with Crippen LogP contribution in [0.2, 0.25) is 0 Å². The molecule has 4 heteroatoms. The summed E-state index contributed by atoms with van der Waals surface area (Å²) in [5.41, 5.74) is 12.9. The Hall–Kier alpha value is -1.19. The van der Waals surface area contributed by atoms with Crippen LogP contribution < -0.4 is 11.5 Å². The lowest BCUT2D eigenvalue weighted by atomic mass is 9.91. The number of aromatic nitrogens is 2. The molecule has 0 aromatic carbocycles. The summed E-state index contributed by atoms with van der Waals surface area (Å²) in [5.74, 6) is 0.419. The molecule has 0 fully saturated rings. The SMILES string of the molecule is Cn1nc(N)c(N)c1C(C)(C)C. The standard InChI is InChI=1S/C8H16N4/c1-8(2,3)6-5(9)7(10)11-12(6)4/h9H2,1-4H3,(H2,10,11). The van der Waals surface area contributed by atoms with Gasteiger partial charge in [-0.1, -0.05) is 20.8 Å². The van der Waals surface area contributed by atoms with E-state index in [0.717, 1.165) is 5.69 Å². The maximum atomic E-state index is 5.78. The van der Waals surface area contributed by atoms with Crippen molar-refractivity contribution in [3.63, 3.8) is 0 Å². The maximum Gasteiger partial charge on any atom is 0.169 e. The fourth-order valence-corrected chi connectivity index (χ4v) is 1.45. The van der Waals surface area contributed by atoms with Crippen molar-refractivity contribution in [2.75, 3.05) is 11.5 Å². The molecule has 0 unspecified atom stereocenters. The average molecular weight is 168 g/mol. The third kappa shape index (κ3) is 1.24. The molecule has 0 aliphatic carbocycles. The topological polar surface area (TPSA) is 69.9 Å². The van der Waals surface area contributed by atoms with Crippen LogP contribution in [0.4, 0.5) is 11.5 Å². The van der Waals surface area contributed by atoms with Gasteiger partial charge in [-0.05, 0) is 0 Å². The Kier molecular flexibility index (Phi) is 1.78. The lowest BCUT2D eigenvalue weighted by molar-refractivity contribution is 0.525. The van der Waals surface area contributed by atoms with Crippen molar-refractivity contribution in [2.45, 2.75) is 26.2 Å². The van der Waals surface area contributed by atoms with Gasteiger partial charge in [-0.25, -0.2) is 0 Å². The summed E-state index contributed by atoms with van der Waals surface area (Å²) >= 11 is 0. The fraction of sp³-hybridized carbons (Fsp3) is 0.625. The first kappa shape index (κ1) is 8.90. The molecule has 0 saturated heterocycles. The van der Waals surface area contributed by atoms with Gasteiger partial charge in [-0.15, -0.1) is 0 Å². The highest BCUT2D eigenvalue weighted by Crippen LogP contribution is 2.30. The second-order valence-electron chi connectivity index (χ2n) is 4.02. The summed E-state index contributed by atoms with van der Waals surface area (Å²) in [6, 6.07) is 0. The van der Waals surface area contributed by atoms with E-state index in [1.807, 2.05) is 7.05 Å². The molecule has 1 heterocycles. The molecule has 0 saturated carbocycles. The Morgan fingerprint density at radius 3 is 1.92 bits per heavy atom. The number of nitrogen functional groups attached to an aromatic ring is 2. The summed E-state index contributed by atoms with van der Waals surface area (Å²) < 4.78 is 1.74. The van der Waals surface area contributed by atoms with E-state index in [-0.39, 0.29) is 5.41 Å². The zero-order valence-electron chi connectivity index (χ0n) is 8.05. The van der Waals surface area contributed by atoms with Gasteiger partial charge in [0.2, 0.25) is 0 Å². The lowest BCUT2D eigenvalue weighted by Gasteiger charge is -2.19. The third-order valence-electron chi connectivity index (χ3n) is 1.82. The minimum atomic E-state index is -0.0105. The van der Waals surface area contributed by atoms with Crippen molar-refractivity contribution in [2.24, 2.45) is 7.05 Å². The number of hydrogen-bond acceptors (Lipinski definition) is 3. The van der Waals surface area contributed by atoms with Crippen LogP contribution >= 0.6 is 0 Å². The number of hydrogen-bond donors (Lipinski definition) is 2. The minimum absolute atomic E-state index is 0.0105. The number of aryl methyl sites for hydroxylation is 1. The van der Waals surface area contributed by atoms with Crippen molar-refractivity contribution in [3.05, 3.63) is 5.69 Å². The van der Waals surface area contributed by atoms with Gasteiger partial charge in [-0.2, -0.15) is 5.10 Å². The van der Waals surface area contributed by atoms with Crippen molar-refractivity contribution < 1.29 is 0 Å². The molecule has 4 N–H and O–H groups in total. The molecule has 0 amide bonds. The highest BCUT2D eigenvalue weighted by atomic mass is 15.3. The van der Waals surface area contributed by atoms with Crippen LogP contribution in [-0.2, 0) is 12.5 Å². The number of nitrogens with zero attached hydrogens (tertiary/aromatic N) is 2. The summed E-state index contributed by atoms with van der Waals surface area (Å²) in [7, 11) is 1.85. The quantitative estimate of drug-likeness (QED) is 0.604. The predicted octanol–water partition coefficient (Wildman–Crippen LogP) is 0.882. The fourth-order valence-electron chi connectivity index (χ4n) is 1.45. The molecular formula is C8H16N4. The second kappa shape index (κ2) is 2.40. The molecule has 0 aliphatic rings. The summed E-state index contributed by atoms with van der Waals surface area (Å²) in [5, 5.41) is 4.05. The van der Waals surface area contributed by atoms with E-state index in [4.69, 9.17) is 11.5 Å². The van der Waals surface area contributed by atoms with Gasteiger partial charge in [0, 0.05) is 12.5 Å². The van der Waals surface area contributed by atoms with Crippen LogP contribution in [0.15, 0.2) is 0 Å². The molecule has 1 aromatic heterocycles. The van der Waals surface area contributed by atoms with E-state index in [1.54, 1.807) is 4.68 Å². The van der Waals surface area contributed by atoms with E-state index >= 15 is 0 Å². The molecule has 0 spiro atoms. The molecule has 68 valence electrons. The molecule has 0 radical (unpaired) electrons. The number of anilines is 2. The van der Waals surface area contributed by atoms with Crippen molar-refractivity contribution >= 4 is 11.5 Å². The van der Waals surface area contributed by atoms with Gasteiger partial charge in [0.15, 0.2) is 5.82 Å². The molecule has 12 heavy (non-hydrogen) atoms. The first-order valence-electron chi connectivity index (χ1n) is 3.92. The van der Waals surface area contributed by atoms with E-state index < -0.39 is 0 Å². The summed E-state index contributed by atoms with van der Waals surface area (Å²) in [4.78, 5) is 0. The monoisotopic (exact) mass is 168 g/mol. The zero-order valence-corrected chi connectivity index (χ0v) is 8.05. The minimum Gasteiger partial charge on any atom is -0.394 e. The van der Waals surface area contributed by atoms with E-state index in [9.17, 15) is 0 Å². The number of rotatable bonds is 0. The van der Waals surface area contributed by atoms with Crippen LogP contribution in [0.1, 0.15) is 26.5 Å². The Morgan fingerprint density at radius 2 is 1.75 bits per heavy atom. The summed E-state index contributed by atoms with van der Waals surface area (Å²) in [6.07, 6.45) is 0. The Bertz CT molecular complexity index is 293. The van der Waals surface area contributed by atoms with Crippen molar-refractivity contribution in [3.8, 4) is 0 Å². The third-order valence-corrected chi connectivity index (χ3v) is 1.82. The van der Waals surface area contributed by atoms with Crippen LogP contribution in [0, 0.1) is 0 Å². The highest BCUT2D eigenvalue weighted by molar-refractivity contribution is 5.63. The van der Waals surface area contributed by atoms with Crippen LogP contribution in [0.5, 0.6) is 0 Å². The molecule has 1 rings (SSSR count). The predicted molar refractivity (Wildman–Crippen MR) is 50.7 cm³/mol. The van der Waals surface area contributed by atoms with E-state index in [1.165, 1.54) is 0 Å². The average Bonchev–Trinajstić information content (AvgIpc) is 2.05. The highest BCUT2D eigenvalue weighted by Gasteiger charge is 2.23. The van der Waals surface area contributed by atoms with Gasteiger partial charge >= 0.3 is 0 Å². The molecule has 0 aliphatic heterocycles. The maximum absolute atomic E-state index is 5.78. The first-order chi connectivity index (χ1) is 5.34.